The average molecular weight is 223 g/mol. The summed E-state index contributed by atoms with van der Waals surface area (Å²) in [6.07, 6.45) is -0.230. The first-order valence-electron chi connectivity index (χ1n) is 5.05. The van der Waals surface area contributed by atoms with E-state index in [-0.39, 0.29) is 0 Å². The number of hydrogen-bond acceptors (Lipinski definition) is 3. The third-order valence-electron chi connectivity index (χ3n) is 2.40. The molecular formula is C11H13NO4. The van der Waals surface area contributed by atoms with Gasteiger partial charge in [0.05, 0.1) is 18.9 Å². The highest BCUT2D eigenvalue weighted by Gasteiger charge is 2.19. The number of benzene rings is 1. The molecule has 0 bridgehead atoms. The molecule has 0 radical (unpaired) electrons. The van der Waals surface area contributed by atoms with Crippen LogP contribution in [-0.4, -0.2) is 31.5 Å². The van der Waals surface area contributed by atoms with Gasteiger partial charge in [-0.05, 0) is 12.1 Å². The zero-order valence-corrected chi connectivity index (χ0v) is 8.97. The molecule has 1 aliphatic rings. The molecule has 5 heteroatoms. The van der Waals surface area contributed by atoms with Crippen LogP contribution in [0.4, 0.5) is 10.5 Å². The van der Waals surface area contributed by atoms with E-state index in [0.29, 0.717) is 30.4 Å². The minimum absolute atomic E-state index is 0.505. The third kappa shape index (κ3) is 1.88. The van der Waals surface area contributed by atoms with Crippen molar-refractivity contribution in [1.82, 2.24) is 0 Å². The van der Waals surface area contributed by atoms with Crippen LogP contribution in [0.3, 0.4) is 0 Å². The topological polar surface area (TPSA) is 59.0 Å². The van der Waals surface area contributed by atoms with E-state index in [4.69, 9.17) is 14.6 Å². The molecule has 0 atom stereocenters. The van der Waals surface area contributed by atoms with Gasteiger partial charge in [-0.25, -0.2) is 4.79 Å². The van der Waals surface area contributed by atoms with E-state index in [0.717, 1.165) is 11.3 Å². The first kappa shape index (κ1) is 10.6. The molecule has 1 aromatic rings. The molecule has 0 spiro atoms. The van der Waals surface area contributed by atoms with E-state index in [1.54, 1.807) is 18.2 Å². The lowest BCUT2D eigenvalue weighted by atomic mass is 10.2. The second-order valence-electron chi connectivity index (χ2n) is 3.50. The Labute approximate surface area is 93.2 Å². The smallest absolute Gasteiger partial charge is 0.411 e. The molecule has 5 nitrogen and oxygen atoms in total. The van der Waals surface area contributed by atoms with Crippen LogP contribution in [0.1, 0.15) is 6.42 Å². The number of rotatable bonds is 1. The van der Waals surface area contributed by atoms with Gasteiger partial charge in [0.1, 0.15) is 0 Å². The number of carboxylic acid groups (broad SMARTS) is 1. The van der Waals surface area contributed by atoms with Gasteiger partial charge >= 0.3 is 6.09 Å². The van der Waals surface area contributed by atoms with Gasteiger partial charge in [-0.15, -0.1) is 0 Å². The van der Waals surface area contributed by atoms with E-state index in [1.807, 2.05) is 0 Å². The second-order valence-corrected chi connectivity index (χ2v) is 3.50. The van der Waals surface area contributed by atoms with Gasteiger partial charge in [-0.3, -0.25) is 4.90 Å². The summed E-state index contributed by atoms with van der Waals surface area (Å²) < 4.78 is 11.0. The number of carbonyl (C=O) groups is 1. The van der Waals surface area contributed by atoms with E-state index in [1.165, 1.54) is 7.05 Å². The average Bonchev–Trinajstić information content (AvgIpc) is 2.52. The van der Waals surface area contributed by atoms with Crippen molar-refractivity contribution in [2.75, 3.05) is 25.2 Å². The zero-order valence-electron chi connectivity index (χ0n) is 8.97. The molecule has 2 rings (SSSR count). The molecule has 1 heterocycles. The number of hydrogen-bond donors (Lipinski definition) is 1. The molecule has 86 valence electrons. The summed E-state index contributed by atoms with van der Waals surface area (Å²) in [4.78, 5) is 12.0. The highest BCUT2D eigenvalue weighted by molar-refractivity contribution is 5.88. The fourth-order valence-corrected chi connectivity index (χ4v) is 1.55. The predicted octanol–water partition coefficient (Wildman–Crippen LogP) is 1.96. The fourth-order valence-electron chi connectivity index (χ4n) is 1.55. The Balaban J connectivity index is 2.42. The Morgan fingerprint density at radius 2 is 2.12 bits per heavy atom. The van der Waals surface area contributed by atoms with Crippen LogP contribution in [0.2, 0.25) is 0 Å². The first-order chi connectivity index (χ1) is 7.70. The van der Waals surface area contributed by atoms with Crippen LogP contribution in [0.15, 0.2) is 18.2 Å². The summed E-state index contributed by atoms with van der Waals surface area (Å²) >= 11 is 0. The maximum Gasteiger partial charge on any atom is 0.411 e. The maximum absolute atomic E-state index is 10.9. The van der Waals surface area contributed by atoms with Crippen LogP contribution in [-0.2, 0) is 0 Å². The molecule has 0 fully saturated rings. The molecular weight excluding hydrogens is 210 g/mol. The lowest BCUT2D eigenvalue weighted by Gasteiger charge is -2.18. The lowest BCUT2D eigenvalue weighted by molar-refractivity contribution is 0.203. The molecule has 0 saturated carbocycles. The van der Waals surface area contributed by atoms with E-state index < -0.39 is 6.09 Å². The van der Waals surface area contributed by atoms with E-state index in [2.05, 4.69) is 0 Å². The van der Waals surface area contributed by atoms with Crippen LogP contribution in [0, 0.1) is 0 Å². The van der Waals surface area contributed by atoms with Crippen molar-refractivity contribution in [2.24, 2.45) is 0 Å². The van der Waals surface area contributed by atoms with Gasteiger partial charge < -0.3 is 14.6 Å². The molecule has 1 aromatic carbocycles. The molecule has 1 amide bonds. The number of para-hydroxylation sites is 1. The van der Waals surface area contributed by atoms with Gasteiger partial charge in [0, 0.05) is 13.5 Å². The van der Waals surface area contributed by atoms with Gasteiger partial charge in [0.25, 0.3) is 0 Å². The van der Waals surface area contributed by atoms with Crippen molar-refractivity contribution in [3.63, 3.8) is 0 Å². The highest BCUT2D eigenvalue weighted by atomic mass is 16.5. The highest BCUT2D eigenvalue weighted by Crippen LogP contribution is 2.38. The molecule has 0 aromatic heterocycles. The summed E-state index contributed by atoms with van der Waals surface area (Å²) in [5, 5.41) is 8.94. The zero-order chi connectivity index (χ0) is 11.5. The number of amides is 1. The number of fused-ring (bicyclic) bond motifs is 1. The molecule has 1 aliphatic heterocycles. The minimum atomic E-state index is -1.03. The summed E-state index contributed by atoms with van der Waals surface area (Å²) in [6.45, 7) is 1.13. The van der Waals surface area contributed by atoms with Gasteiger partial charge in [0.15, 0.2) is 11.5 Å². The van der Waals surface area contributed by atoms with Gasteiger partial charge in [0.2, 0.25) is 0 Å². The van der Waals surface area contributed by atoms with Crippen LogP contribution in [0.25, 0.3) is 0 Å². The Morgan fingerprint density at radius 3 is 2.88 bits per heavy atom. The first-order valence-corrected chi connectivity index (χ1v) is 5.05. The van der Waals surface area contributed by atoms with Crippen molar-refractivity contribution in [3.8, 4) is 11.5 Å². The Hall–Kier alpha value is -1.91. The number of ether oxygens (including phenoxy) is 2. The Kier molecular flexibility index (Phi) is 2.85. The predicted molar refractivity (Wildman–Crippen MR) is 58.5 cm³/mol. The molecule has 0 saturated heterocycles. The van der Waals surface area contributed by atoms with Gasteiger partial charge in [-0.2, -0.15) is 0 Å². The van der Waals surface area contributed by atoms with Crippen molar-refractivity contribution >= 4 is 11.8 Å². The molecule has 0 aliphatic carbocycles. The van der Waals surface area contributed by atoms with Crippen LogP contribution >= 0.6 is 0 Å². The summed E-state index contributed by atoms with van der Waals surface area (Å²) in [6, 6.07) is 5.23. The summed E-state index contributed by atoms with van der Waals surface area (Å²) in [7, 11) is 1.48. The quantitative estimate of drug-likeness (QED) is 0.790. The van der Waals surface area contributed by atoms with Crippen molar-refractivity contribution in [1.29, 1.82) is 0 Å². The van der Waals surface area contributed by atoms with Gasteiger partial charge in [-0.1, -0.05) is 6.07 Å². The van der Waals surface area contributed by atoms with E-state index >= 15 is 0 Å². The van der Waals surface area contributed by atoms with Crippen molar-refractivity contribution in [2.45, 2.75) is 6.42 Å². The third-order valence-corrected chi connectivity index (χ3v) is 2.40. The number of anilines is 1. The summed E-state index contributed by atoms with van der Waals surface area (Å²) in [5.41, 5.74) is 0.506. The lowest BCUT2D eigenvalue weighted by Crippen LogP contribution is -2.24. The maximum atomic E-state index is 10.9. The molecule has 0 unspecified atom stereocenters. The second kappa shape index (κ2) is 4.30. The molecule has 1 N–H and O–H groups in total. The largest absolute Gasteiger partial charge is 0.489 e. The minimum Gasteiger partial charge on any atom is -0.489 e. The van der Waals surface area contributed by atoms with Crippen molar-refractivity contribution in [3.05, 3.63) is 18.2 Å². The molecule has 16 heavy (non-hydrogen) atoms. The van der Waals surface area contributed by atoms with E-state index in [9.17, 15) is 4.79 Å². The van der Waals surface area contributed by atoms with Crippen molar-refractivity contribution < 1.29 is 19.4 Å². The Morgan fingerprint density at radius 1 is 1.38 bits per heavy atom. The fraction of sp³-hybridized carbons (Fsp3) is 0.364. The normalized spacial score (nSPS) is 14.1. The summed E-state index contributed by atoms with van der Waals surface area (Å²) in [5.74, 6) is 1.10. The van der Waals surface area contributed by atoms with Crippen LogP contribution < -0.4 is 14.4 Å². The van der Waals surface area contributed by atoms with Crippen LogP contribution in [0.5, 0.6) is 11.5 Å². The Bertz CT molecular complexity index is 405. The SMILES string of the molecule is CN(C(=O)O)c1cccc2c1OCCCO2. The number of nitrogens with zero attached hydrogens (tertiary/aromatic N) is 1. The monoisotopic (exact) mass is 223 g/mol. The standard InChI is InChI=1S/C11H13NO4/c1-12(11(13)14)8-4-2-5-9-10(8)16-7-3-6-15-9/h2,4-5H,3,6-7H2,1H3,(H,13,14).